The maximum atomic E-state index is 13.2. The quantitative estimate of drug-likeness (QED) is 0.0510. The van der Waals surface area contributed by atoms with Crippen LogP contribution in [0.1, 0.15) is 22.0 Å². The molecule has 0 bridgehead atoms. The number of oxime groups is 1. The van der Waals surface area contributed by atoms with Crippen molar-refractivity contribution in [3.8, 4) is 0 Å². The molecule has 2 atom stereocenters. The number of anilines is 1. The number of carboxylic acid groups (broad SMARTS) is 1. The summed E-state index contributed by atoms with van der Waals surface area (Å²) in [4.78, 5) is 79.3. The van der Waals surface area contributed by atoms with Crippen LogP contribution in [0.3, 0.4) is 0 Å². The highest BCUT2D eigenvalue weighted by Gasteiger charge is 2.54. The zero-order valence-electron chi connectivity index (χ0n) is 21.9. The van der Waals surface area contributed by atoms with E-state index in [2.05, 4.69) is 30.5 Å². The molecule has 8 N–H and O–H groups in total. The molecule has 5 heterocycles. The number of primary amides is 2. The highest BCUT2D eigenvalue weighted by Crippen LogP contribution is 2.41. The van der Waals surface area contributed by atoms with Gasteiger partial charge in [0.15, 0.2) is 17.5 Å². The van der Waals surface area contributed by atoms with Gasteiger partial charge in [-0.05, 0) is 18.6 Å². The number of hydrogen-bond donors (Lipinski definition) is 5. The average Bonchev–Trinajstić information content (AvgIpc) is 3.58. The maximum Gasteiger partial charge on any atom is 0.352 e. The Kier molecular flexibility index (Phi) is 8.19. The molecular weight excluding hydrogens is 627 g/mol. The number of thiazole rings is 1. The van der Waals surface area contributed by atoms with Gasteiger partial charge in [0.2, 0.25) is 5.82 Å². The number of carbonyl (C=O) groups is 5. The number of aliphatic carboxylic acids is 1. The number of aryl methyl sites for hydroxylation is 1. The number of aromatic nitrogens is 5. The zero-order chi connectivity index (χ0) is 31.0. The molecule has 3 aromatic heterocycles. The Morgan fingerprint density at radius 1 is 1.26 bits per heavy atom. The first-order valence-electron chi connectivity index (χ1n) is 12.0. The molecule has 2 aliphatic heterocycles. The lowest BCUT2D eigenvalue weighted by molar-refractivity contribution is -0.150. The fourth-order valence-corrected chi connectivity index (χ4v) is 7.17. The highest BCUT2D eigenvalue weighted by atomic mass is 32.2. The smallest absolute Gasteiger partial charge is 0.352 e. The lowest BCUT2D eigenvalue weighted by Gasteiger charge is -2.49. The summed E-state index contributed by atoms with van der Waals surface area (Å²) in [6.07, 6.45) is 0. The van der Waals surface area contributed by atoms with Crippen LogP contribution in [0.25, 0.3) is 5.78 Å². The number of nitrogens with two attached hydrogens (primary N) is 3. The number of hydrogen-bond acceptors (Lipinski definition) is 15. The molecular formula is C22H21N11O7S3. The van der Waals surface area contributed by atoms with Crippen molar-refractivity contribution in [3.05, 3.63) is 39.9 Å². The minimum atomic E-state index is -1.31. The van der Waals surface area contributed by atoms with Crippen molar-refractivity contribution < 1.29 is 33.9 Å². The van der Waals surface area contributed by atoms with Gasteiger partial charge >= 0.3 is 5.97 Å². The van der Waals surface area contributed by atoms with Crippen LogP contribution in [0, 0.1) is 6.92 Å². The Morgan fingerprint density at radius 3 is 2.67 bits per heavy atom. The Bertz CT molecular complexity index is 1750. The normalized spacial score (nSPS) is 18.3. The molecule has 0 aromatic carbocycles. The van der Waals surface area contributed by atoms with Gasteiger partial charge in [-0.25, -0.2) is 14.8 Å². The molecule has 4 amide bonds. The number of β-lactam (4-membered cyclic amide) rings is 1. The summed E-state index contributed by atoms with van der Waals surface area (Å²) in [5, 5.41) is 21.7. The second kappa shape index (κ2) is 11.9. The Balaban J connectivity index is 1.34. The first kappa shape index (κ1) is 29.7. The molecule has 0 saturated carbocycles. The van der Waals surface area contributed by atoms with E-state index in [4.69, 9.17) is 22.0 Å². The molecule has 0 radical (unpaired) electrons. The number of nitrogens with one attached hydrogen (secondary N) is 1. The van der Waals surface area contributed by atoms with Crippen LogP contribution in [0.5, 0.6) is 0 Å². The van der Waals surface area contributed by atoms with Gasteiger partial charge in [0, 0.05) is 22.6 Å². The molecule has 2 aliphatic rings. The SMILES string of the molecule is Cc1cc(SCC2=C(C(=O)O)N3C(=O)[C@@H](NC(=O)/C(=N\OCC(N)=O)c4csc(N)n4)[C@H]3SC2)n2nc(C(N)=O)nc2n1. The van der Waals surface area contributed by atoms with E-state index in [9.17, 15) is 29.1 Å². The van der Waals surface area contributed by atoms with Gasteiger partial charge in [0.1, 0.15) is 27.8 Å². The molecule has 0 unspecified atom stereocenters. The molecule has 1 fully saturated rings. The molecule has 224 valence electrons. The third-order valence-corrected chi connectivity index (χ3v) is 8.99. The molecule has 0 spiro atoms. The first-order valence-corrected chi connectivity index (χ1v) is 14.9. The number of nitrogens with zero attached hydrogens (tertiary/aromatic N) is 7. The lowest BCUT2D eigenvalue weighted by atomic mass is 10.0. The molecule has 43 heavy (non-hydrogen) atoms. The molecule has 0 aliphatic carbocycles. The Morgan fingerprint density at radius 2 is 2.02 bits per heavy atom. The van der Waals surface area contributed by atoms with Gasteiger partial charge in [-0.1, -0.05) is 5.16 Å². The fraction of sp³-hybridized carbons (Fsp3) is 0.273. The highest BCUT2D eigenvalue weighted by molar-refractivity contribution is 8.01. The van der Waals surface area contributed by atoms with Crippen molar-refractivity contribution in [2.24, 2.45) is 16.6 Å². The molecule has 1 saturated heterocycles. The summed E-state index contributed by atoms with van der Waals surface area (Å²) in [5.41, 5.74) is 16.5. The minimum Gasteiger partial charge on any atom is -0.477 e. The van der Waals surface area contributed by atoms with Crippen molar-refractivity contribution in [3.63, 3.8) is 0 Å². The number of thioether (sulfide) groups is 2. The predicted molar refractivity (Wildman–Crippen MR) is 153 cm³/mol. The molecule has 21 heteroatoms. The summed E-state index contributed by atoms with van der Waals surface area (Å²) in [6, 6.07) is 0.614. The van der Waals surface area contributed by atoms with E-state index < -0.39 is 47.6 Å². The molecule has 3 aromatic rings. The number of carboxylic acids is 1. The zero-order valence-corrected chi connectivity index (χ0v) is 24.4. The first-order chi connectivity index (χ1) is 20.4. The van der Waals surface area contributed by atoms with Crippen LogP contribution in [0.15, 0.2) is 32.9 Å². The largest absolute Gasteiger partial charge is 0.477 e. The van der Waals surface area contributed by atoms with Crippen molar-refractivity contribution in [2.75, 3.05) is 23.8 Å². The fourth-order valence-electron chi connectivity index (χ4n) is 4.09. The van der Waals surface area contributed by atoms with Crippen LogP contribution in [0.2, 0.25) is 0 Å². The van der Waals surface area contributed by atoms with Gasteiger partial charge in [-0.3, -0.25) is 24.1 Å². The van der Waals surface area contributed by atoms with E-state index in [0.717, 1.165) is 16.2 Å². The maximum absolute atomic E-state index is 13.2. The van der Waals surface area contributed by atoms with E-state index in [1.54, 1.807) is 13.0 Å². The van der Waals surface area contributed by atoms with Crippen LogP contribution in [-0.2, 0) is 24.0 Å². The van der Waals surface area contributed by atoms with Crippen molar-refractivity contribution in [2.45, 2.75) is 23.4 Å². The Hall–Kier alpha value is -4.76. The monoisotopic (exact) mass is 647 g/mol. The molecule has 5 rings (SSSR count). The molecule has 18 nitrogen and oxygen atoms in total. The standard InChI is InChI=1S/C22H21N11O7S3/c1-7-2-11(33-22(26-7)29-16(30-33)15(24)35)41-4-8-5-42-19-13(18(37)32(19)14(8)20(38)39)28-17(36)12(31-40-3-10(23)34)9-6-43-21(25)27-9/h2,6,13,19H,3-5H2,1H3,(H2,23,34)(H2,24,35)(H2,25,27)(H,28,36)(H,38,39)/b31-12-/t13-,19-/m1/s1. The van der Waals surface area contributed by atoms with Gasteiger partial charge in [-0.2, -0.15) is 9.50 Å². The van der Waals surface area contributed by atoms with E-state index in [1.165, 1.54) is 33.4 Å². The van der Waals surface area contributed by atoms with Gasteiger partial charge < -0.3 is 32.5 Å². The third kappa shape index (κ3) is 5.94. The second-order valence-corrected chi connectivity index (χ2v) is 11.9. The number of amides is 4. The number of fused-ring (bicyclic) bond motifs is 2. The van der Waals surface area contributed by atoms with Gasteiger partial charge in [0.05, 0.1) is 0 Å². The van der Waals surface area contributed by atoms with Gasteiger partial charge in [0.25, 0.3) is 29.4 Å². The summed E-state index contributed by atoms with van der Waals surface area (Å²) in [7, 11) is 0. The van der Waals surface area contributed by atoms with Crippen molar-refractivity contribution in [1.29, 1.82) is 0 Å². The van der Waals surface area contributed by atoms with Crippen molar-refractivity contribution in [1.82, 2.24) is 34.8 Å². The van der Waals surface area contributed by atoms with Crippen LogP contribution < -0.4 is 22.5 Å². The number of rotatable bonds is 11. The van der Waals surface area contributed by atoms with Crippen LogP contribution in [0.4, 0.5) is 5.13 Å². The third-order valence-electron chi connectivity index (χ3n) is 5.90. The van der Waals surface area contributed by atoms with E-state index >= 15 is 0 Å². The average molecular weight is 648 g/mol. The topological polar surface area (TPSA) is 276 Å². The van der Waals surface area contributed by atoms with Crippen molar-refractivity contribution >= 4 is 81.1 Å². The van der Waals surface area contributed by atoms with E-state index in [0.29, 0.717) is 16.3 Å². The summed E-state index contributed by atoms with van der Waals surface area (Å²) >= 11 is 3.51. The van der Waals surface area contributed by atoms with Gasteiger partial charge in [-0.15, -0.1) is 40.0 Å². The summed E-state index contributed by atoms with van der Waals surface area (Å²) in [6.45, 7) is 1.12. The summed E-state index contributed by atoms with van der Waals surface area (Å²) < 4.78 is 1.33. The van der Waals surface area contributed by atoms with Crippen LogP contribution in [-0.4, -0.2) is 99.4 Å². The number of nitrogen functional groups attached to an aromatic ring is 1. The minimum absolute atomic E-state index is 0.0469. The predicted octanol–water partition coefficient (Wildman–Crippen LogP) is -1.69. The Labute approximate surface area is 253 Å². The van der Waals surface area contributed by atoms with E-state index in [1.807, 2.05) is 0 Å². The summed E-state index contributed by atoms with van der Waals surface area (Å²) in [5.74, 6) is -4.13. The second-order valence-electron chi connectivity index (χ2n) is 8.90. The van der Waals surface area contributed by atoms with E-state index in [-0.39, 0.29) is 45.3 Å². The number of carbonyl (C=O) groups excluding carboxylic acids is 4. The lowest BCUT2D eigenvalue weighted by Crippen LogP contribution is -2.71. The van der Waals surface area contributed by atoms with Crippen LogP contribution >= 0.6 is 34.9 Å².